The lowest BCUT2D eigenvalue weighted by Gasteiger charge is -2.30. The van der Waals surface area contributed by atoms with Crippen LogP contribution < -0.4 is 5.32 Å². The van der Waals surface area contributed by atoms with Crippen molar-refractivity contribution in [3.8, 4) is 0 Å². The Hall–Kier alpha value is -0.650. The van der Waals surface area contributed by atoms with E-state index in [-0.39, 0.29) is 11.9 Å². The van der Waals surface area contributed by atoms with Crippen molar-refractivity contribution in [1.82, 2.24) is 10.2 Å². The lowest BCUT2D eigenvalue weighted by atomic mass is 10.1. The van der Waals surface area contributed by atoms with Crippen molar-refractivity contribution in [2.24, 2.45) is 0 Å². The SMILES string of the molecule is CC(CN1CCOCC1)NC(=O)C(C)(C)O. The third-order valence-corrected chi connectivity index (χ3v) is 2.57. The molecule has 1 rings (SSSR count). The molecule has 1 heterocycles. The molecule has 2 N–H and O–H groups in total. The van der Waals surface area contributed by atoms with Crippen molar-refractivity contribution in [3.63, 3.8) is 0 Å². The number of rotatable bonds is 4. The normalized spacial score (nSPS) is 20.5. The summed E-state index contributed by atoms with van der Waals surface area (Å²) in [6, 6.07) is 0.0389. The maximum atomic E-state index is 11.5. The van der Waals surface area contributed by atoms with E-state index in [1.807, 2.05) is 6.92 Å². The Labute approximate surface area is 96.8 Å². The number of carbonyl (C=O) groups is 1. The quantitative estimate of drug-likeness (QED) is 0.689. The Morgan fingerprint density at radius 1 is 1.50 bits per heavy atom. The van der Waals surface area contributed by atoms with Crippen LogP contribution in [0.2, 0.25) is 0 Å². The van der Waals surface area contributed by atoms with Crippen molar-refractivity contribution in [1.29, 1.82) is 0 Å². The summed E-state index contributed by atoms with van der Waals surface area (Å²) in [5, 5.41) is 12.3. The van der Waals surface area contributed by atoms with Gasteiger partial charge in [0.2, 0.25) is 0 Å². The molecule has 1 aliphatic rings. The molecule has 1 aliphatic heterocycles. The fourth-order valence-corrected chi connectivity index (χ4v) is 1.62. The zero-order valence-electron chi connectivity index (χ0n) is 10.3. The van der Waals surface area contributed by atoms with Crippen molar-refractivity contribution < 1.29 is 14.6 Å². The average molecular weight is 230 g/mol. The van der Waals surface area contributed by atoms with Gasteiger partial charge in [0.1, 0.15) is 5.60 Å². The molecule has 1 atom stereocenters. The molecule has 0 aromatic heterocycles. The van der Waals surface area contributed by atoms with E-state index in [9.17, 15) is 9.90 Å². The molecule has 0 aliphatic carbocycles. The Morgan fingerprint density at radius 3 is 2.56 bits per heavy atom. The van der Waals surface area contributed by atoms with Crippen molar-refractivity contribution in [3.05, 3.63) is 0 Å². The summed E-state index contributed by atoms with van der Waals surface area (Å²) in [5.41, 5.74) is -1.31. The fraction of sp³-hybridized carbons (Fsp3) is 0.909. The summed E-state index contributed by atoms with van der Waals surface area (Å²) in [6.07, 6.45) is 0. The lowest BCUT2D eigenvalue weighted by Crippen LogP contribution is -2.50. The third-order valence-electron chi connectivity index (χ3n) is 2.57. The molecule has 0 aromatic rings. The molecular formula is C11H22N2O3. The van der Waals surface area contributed by atoms with E-state index in [4.69, 9.17) is 4.74 Å². The number of amides is 1. The van der Waals surface area contributed by atoms with Crippen LogP contribution in [0, 0.1) is 0 Å². The van der Waals surface area contributed by atoms with Gasteiger partial charge in [-0.05, 0) is 20.8 Å². The third kappa shape index (κ3) is 4.47. The van der Waals surface area contributed by atoms with Gasteiger partial charge in [-0.25, -0.2) is 0 Å². The molecule has 0 spiro atoms. The zero-order valence-corrected chi connectivity index (χ0v) is 10.3. The molecule has 0 bridgehead atoms. The molecule has 0 radical (unpaired) electrons. The van der Waals surface area contributed by atoms with Crippen LogP contribution in [-0.2, 0) is 9.53 Å². The number of morpholine rings is 1. The predicted octanol–water partition coefficient (Wildman–Crippen LogP) is -0.406. The Bertz CT molecular complexity index is 232. The summed E-state index contributed by atoms with van der Waals surface area (Å²) in [6.45, 7) is 9.04. The maximum Gasteiger partial charge on any atom is 0.251 e. The number of nitrogens with zero attached hydrogens (tertiary/aromatic N) is 1. The summed E-state index contributed by atoms with van der Waals surface area (Å²) in [5.74, 6) is -0.326. The Kier molecular flexibility index (Phi) is 4.70. The van der Waals surface area contributed by atoms with Crippen LogP contribution >= 0.6 is 0 Å². The van der Waals surface area contributed by atoms with E-state index in [1.165, 1.54) is 13.8 Å². The van der Waals surface area contributed by atoms with Crippen LogP contribution in [0.5, 0.6) is 0 Å². The second-order valence-corrected chi connectivity index (χ2v) is 4.85. The second-order valence-electron chi connectivity index (χ2n) is 4.85. The molecule has 94 valence electrons. The predicted molar refractivity (Wildman–Crippen MR) is 61.2 cm³/mol. The average Bonchev–Trinajstić information content (AvgIpc) is 2.17. The minimum Gasteiger partial charge on any atom is -0.381 e. The highest BCUT2D eigenvalue weighted by molar-refractivity contribution is 5.84. The van der Waals surface area contributed by atoms with Crippen LogP contribution in [0.1, 0.15) is 20.8 Å². The first-order chi connectivity index (χ1) is 7.39. The van der Waals surface area contributed by atoms with Gasteiger partial charge in [0.05, 0.1) is 13.2 Å². The van der Waals surface area contributed by atoms with Crippen molar-refractivity contribution in [2.45, 2.75) is 32.4 Å². The minimum absolute atomic E-state index is 0.0389. The monoisotopic (exact) mass is 230 g/mol. The number of carbonyl (C=O) groups excluding carboxylic acids is 1. The number of aliphatic hydroxyl groups is 1. The molecule has 1 fully saturated rings. The minimum atomic E-state index is -1.31. The van der Waals surface area contributed by atoms with Gasteiger partial charge in [0.15, 0.2) is 0 Å². The van der Waals surface area contributed by atoms with Crippen molar-refractivity contribution >= 4 is 5.91 Å². The summed E-state index contributed by atoms with van der Waals surface area (Å²) in [4.78, 5) is 13.8. The molecule has 16 heavy (non-hydrogen) atoms. The van der Waals surface area contributed by atoms with Gasteiger partial charge in [0, 0.05) is 25.7 Å². The molecule has 1 unspecified atom stereocenters. The summed E-state index contributed by atoms with van der Waals surface area (Å²) in [7, 11) is 0. The lowest BCUT2D eigenvalue weighted by molar-refractivity contribution is -0.137. The Balaban J connectivity index is 2.29. The standard InChI is InChI=1S/C11H22N2O3/c1-9(12-10(14)11(2,3)15)8-13-4-6-16-7-5-13/h9,15H,4-8H2,1-3H3,(H,12,14). The highest BCUT2D eigenvalue weighted by Crippen LogP contribution is 2.03. The van der Waals surface area contributed by atoms with Crippen LogP contribution in [0.25, 0.3) is 0 Å². The van der Waals surface area contributed by atoms with Gasteiger partial charge in [0.25, 0.3) is 5.91 Å². The highest BCUT2D eigenvalue weighted by atomic mass is 16.5. The van der Waals surface area contributed by atoms with Crippen LogP contribution in [0.4, 0.5) is 0 Å². The van der Waals surface area contributed by atoms with Gasteiger partial charge in [-0.3, -0.25) is 9.69 Å². The van der Waals surface area contributed by atoms with Gasteiger partial charge >= 0.3 is 0 Å². The number of hydrogen-bond donors (Lipinski definition) is 2. The van der Waals surface area contributed by atoms with Crippen molar-refractivity contribution in [2.75, 3.05) is 32.8 Å². The van der Waals surface area contributed by atoms with E-state index in [0.717, 1.165) is 32.8 Å². The molecule has 0 aromatic carbocycles. The molecule has 1 amide bonds. The molecule has 1 saturated heterocycles. The van der Waals surface area contributed by atoms with E-state index >= 15 is 0 Å². The number of nitrogens with one attached hydrogen (secondary N) is 1. The molecule has 5 nitrogen and oxygen atoms in total. The van der Waals surface area contributed by atoms with Crippen LogP contribution in [-0.4, -0.2) is 60.4 Å². The molecular weight excluding hydrogens is 208 g/mol. The Morgan fingerprint density at radius 2 is 2.06 bits per heavy atom. The van der Waals surface area contributed by atoms with Gasteiger partial charge in [-0.2, -0.15) is 0 Å². The van der Waals surface area contributed by atoms with Gasteiger partial charge < -0.3 is 15.2 Å². The first kappa shape index (κ1) is 13.4. The highest BCUT2D eigenvalue weighted by Gasteiger charge is 2.25. The topological polar surface area (TPSA) is 61.8 Å². The molecule has 5 heteroatoms. The van der Waals surface area contributed by atoms with Gasteiger partial charge in [-0.1, -0.05) is 0 Å². The van der Waals surface area contributed by atoms with E-state index in [0.29, 0.717) is 0 Å². The van der Waals surface area contributed by atoms with Crippen LogP contribution in [0.15, 0.2) is 0 Å². The van der Waals surface area contributed by atoms with E-state index in [1.54, 1.807) is 0 Å². The molecule has 0 saturated carbocycles. The van der Waals surface area contributed by atoms with Gasteiger partial charge in [-0.15, -0.1) is 0 Å². The first-order valence-electron chi connectivity index (χ1n) is 5.73. The fourth-order valence-electron chi connectivity index (χ4n) is 1.62. The first-order valence-corrected chi connectivity index (χ1v) is 5.73. The van der Waals surface area contributed by atoms with E-state index in [2.05, 4.69) is 10.2 Å². The van der Waals surface area contributed by atoms with E-state index < -0.39 is 5.60 Å². The smallest absolute Gasteiger partial charge is 0.251 e. The number of hydrogen-bond acceptors (Lipinski definition) is 4. The van der Waals surface area contributed by atoms with Crippen LogP contribution in [0.3, 0.4) is 0 Å². The maximum absolute atomic E-state index is 11.5. The summed E-state index contributed by atoms with van der Waals surface area (Å²) >= 11 is 0. The summed E-state index contributed by atoms with van der Waals surface area (Å²) < 4.78 is 5.25. The largest absolute Gasteiger partial charge is 0.381 e. The number of ether oxygens (including phenoxy) is 1. The second kappa shape index (κ2) is 5.61. The zero-order chi connectivity index (χ0) is 12.2.